The van der Waals surface area contributed by atoms with Crippen LogP contribution in [0.15, 0.2) is 48.8 Å². The van der Waals surface area contributed by atoms with E-state index in [1.807, 2.05) is 42.0 Å². The Bertz CT molecular complexity index is 790. The first kappa shape index (κ1) is 12.4. The molecule has 0 aliphatic heterocycles. The van der Waals surface area contributed by atoms with Crippen molar-refractivity contribution in [2.75, 3.05) is 0 Å². The largest absolute Gasteiger partial charge is 0.478 e. The number of pyridine rings is 1. The molecule has 0 amide bonds. The summed E-state index contributed by atoms with van der Waals surface area (Å²) in [6.07, 6.45) is 3.66. The smallest absolute Gasteiger partial charge is 0.337 e. The number of para-hydroxylation sites is 1. The number of carboxylic acid groups (broad SMARTS) is 1. The first-order valence-electron chi connectivity index (χ1n) is 6.38. The van der Waals surface area contributed by atoms with Gasteiger partial charge in [0.1, 0.15) is 0 Å². The van der Waals surface area contributed by atoms with Crippen molar-refractivity contribution in [2.24, 2.45) is 0 Å². The van der Waals surface area contributed by atoms with Gasteiger partial charge in [-0.2, -0.15) is 0 Å². The van der Waals surface area contributed by atoms with Crippen molar-refractivity contribution in [2.45, 2.75) is 13.5 Å². The van der Waals surface area contributed by atoms with Crippen LogP contribution in [0.5, 0.6) is 0 Å². The summed E-state index contributed by atoms with van der Waals surface area (Å²) in [6, 6.07) is 11.2. The van der Waals surface area contributed by atoms with Crippen LogP contribution in [0.25, 0.3) is 10.9 Å². The summed E-state index contributed by atoms with van der Waals surface area (Å²) in [5.41, 5.74) is 3.11. The van der Waals surface area contributed by atoms with Gasteiger partial charge in [0.2, 0.25) is 0 Å². The minimum Gasteiger partial charge on any atom is -0.478 e. The van der Waals surface area contributed by atoms with E-state index in [2.05, 4.69) is 4.98 Å². The summed E-state index contributed by atoms with van der Waals surface area (Å²) in [5, 5.41) is 10.2. The molecule has 0 aliphatic carbocycles. The molecule has 100 valence electrons. The molecule has 0 fully saturated rings. The lowest BCUT2D eigenvalue weighted by Gasteiger charge is -2.09. The second-order valence-corrected chi connectivity index (χ2v) is 4.76. The molecule has 1 N–H and O–H groups in total. The molecule has 0 bridgehead atoms. The number of benzene rings is 1. The fraction of sp³-hybridized carbons (Fsp3) is 0.125. The van der Waals surface area contributed by atoms with Crippen molar-refractivity contribution >= 4 is 16.9 Å². The monoisotopic (exact) mass is 266 g/mol. The maximum Gasteiger partial charge on any atom is 0.337 e. The zero-order valence-electron chi connectivity index (χ0n) is 11.1. The van der Waals surface area contributed by atoms with Gasteiger partial charge >= 0.3 is 5.97 Å². The number of aromatic nitrogens is 2. The van der Waals surface area contributed by atoms with E-state index < -0.39 is 5.97 Å². The van der Waals surface area contributed by atoms with Gasteiger partial charge in [-0.15, -0.1) is 0 Å². The predicted octanol–water partition coefficient (Wildman–Crippen LogP) is 3.09. The topological polar surface area (TPSA) is 55.1 Å². The Morgan fingerprint density at radius 2 is 2.10 bits per heavy atom. The normalized spacial score (nSPS) is 10.8. The molecule has 4 nitrogen and oxygen atoms in total. The second-order valence-electron chi connectivity index (χ2n) is 4.76. The van der Waals surface area contributed by atoms with Gasteiger partial charge in [-0.05, 0) is 30.7 Å². The van der Waals surface area contributed by atoms with Crippen LogP contribution in [-0.2, 0) is 6.54 Å². The third kappa shape index (κ3) is 2.05. The van der Waals surface area contributed by atoms with E-state index in [1.165, 1.54) is 0 Å². The van der Waals surface area contributed by atoms with Crippen molar-refractivity contribution in [1.29, 1.82) is 0 Å². The zero-order chi connectivity index (χ0) is 14.1. The molecular weight excluding hydrogens is 252 g/mol. The Morgan fingerprint density at radius 1 is 1.25 bits per heavy atom. The van der Waals surface area contributed by atoms with E-state index in [4.69, 9.17) is 0 Å². The number of nitrogens with zero attached hydrogens (tertiary/aromatic N) is 2. The van der Waals surface area contributed by atoms with Crippen molar-refractivity contribution < 1.29 is 9.90 Å². The van der Waals surface area contributed by atoms with Gasteiger partial charge in [0.25, 0.3) is 0 Å². The van der Waals surface area contributed by atoms with E-state index in [1.54, 1.807) is 18.3 Å². The summed E-state index contributed by atoms with van der Waals surface area (Å²) in [6.45, 7) is 2.58. The predicted molar refractivity (Wildman–Crippen MR) is 77.0 cm³/mol. The first-order valence-corrected chi connectivity index (χ1v) is 6.38. The molecule has 0 saturated heterocycles. The number of hydrogen-bond donors (Lipinski definition) is 1. The Hall–Kier alpha value is -2.62. The number of carbonyl (C=O) groups is 1. The van der Waals surface area contributed by atoms with E-state index in [0.717, 1.165) is 22.2 Å². The minimum atomic E-state index is -0.909. The van der Waals surface area contributed by atoms with Crippen molar-refractivity contribution in [3.63, 3.8) is 0 Å². The minimum absolute atomic E-state index is 0.320. The SMILES string of the molecule is Cc1cccnc1Cn1ccc2cccc(C(=O)O)c21. The summed E-state index contributed by atoms with van der Waals surface area (Å²) in [7, 11) is 0. The Labute approximate surface area is 116 Å². The number of carboxylic acids is 1. The number of hydrogen-bond acceptors (Lipinski definition) is 2. The molecule has 0 unspecified atom stereocenters. The van der Waals surface area contributed by atoms with Crippen LogP contribution >= 0.6 is 0 Å². The number of aromatic carboxylic acids is 1. The summed E-state index contributed by atoms with van der Waals surface area (Å²) in [5.74, 6) is -0.909. The van der Waals surface area contributed by atoms with Crippen LogP contribution in [0.3, 0.4) is 0 Å². The third-order valence-electron chi connectivity index (χ3n) is 3.46. The highest BCUT2D eigenvalue weighted by molar-refractivity contribution is 6.02. The molecule has 3 rings (SSSR count). The first-order chi connectivity index (χ1) is 9.66. The molecule has 0 radical (unpaired) electrons. The molecule has 4 heteroatoms. The molecule has 2 aromatic heterocycles. The van der Waals surface area contributed by atoms with Gasteiger partial charge in [0, 0.05) is 17.8 Å². The lowest BCUT2D eigenvalue weighted by atomic mass is 10.1. The second kappa shape index (κ2) is 4.81. The lowest BCUT2D eigenvalue weighted by molar-refractivity contribution is 0.0698. The molecular formula is C16H14N2O2. The van der Waals surface area contributed by atoms with Gasteiger partial charge in [0.05, 0.1) is 23.3 Å². The van der Waals surface area contributed by atoms with E-state index >= 15 is 0 Å². The maximum atomic E-state index is 11.4. The highest BCUT2D eigenvalue weighted by Crippen LogP contribution is 2.21. The average Bonchev–Trinajstić information content (AvgIpc) is 2.84. The highest BCUT2D eigenvalue weighted by atomic mass is 16.4. The maximum absolute atomic E-state index is 11.4. The van der Waals surface area contributed by atoms with Crippen molar-refractivity contribution in [3.05, 3.63) is 65.6 Å². The van der Waals surface area contributed by atoms with Crippen LogP contribution in [0.4, 0.5) is 0 Å². The van der Waals surface area contributed by atoms with Gasteiger partial charge in [-0.1, -0.05) is 18.2 Å². The van der Waals surface area contributed by atoms with Gasteiger partial charge in [-0.25, -0.2) is 4.79 Å². The summed E-state index contributed by atoms with van der Waals surface area (Å²) < 4.78 is 1.94. The fourth-order valence-corrected chi connectivity index (χ4v) is 2.41. The molecule has 0 saturated carbocycles. The number of aryl methyl sites for hydroxylation is 1. The van der Waals surface area contributed by atoms with E-state index in [-0.39, 0.29) is 0 Å². The van der Waals surface area contributed by atoms with Crippen LogP contribution in [0.1, 0.15) is 21.6 Å². The molecule has 0 spiro atoms. The number of fused-ring (bicyclic) bond motifs is 1. The van der Waals surface area contributed by atoms with Crippen LogP contribution < -0.4 is 0 Å². The molecule has 20 heavy (non-hydrogen) atoms. The third-order valence-corrected chi connectivity index (χ3v) is 3.46. The molecule has 1 aromatic carbocycles. The number of rotatable bonds is 3. The Balaban J connectivity index is 2.13. The fourth-order valence-electron chi connectivity index (χ4n) is 2.41. The Morgan fingerprint density at radius 3 is 2.85 bits per heavy atom. The molecule has 0 atom stereocenters. The van der Waals surface area contributed by atoms with Crippen LogP contribution in [-0.4, -0.2) is 20.6 Å². The quantitative estimate of drug-likeness (QED) is 0.792. The lowest BCUT2D eigenvalue weighted by Crippen LogP contribution is -2.06. The average molecular weight is 266 g/mol. The van der Waals surface area contributed by atoms with E-state index in [0.29, 0.717) is 12.1 Å². The highest BCUT2D eigenvalue weighted by Gasteiger charge is 2.12. The van der Waals surface area contributed by atoms with E-state index in [9.17, 15) is 9.90 Å². The van der Waals surface area contributed by atoms with Crippen LogP contribution in [0, 0.1) is 6.92 Å². The van der Waals surface area contributed by atoms with Crippen molar-refractivity contribution in [3.8, 4) is 0 Å². The van der Waals surface area contributed by atoms with Crippen molar-refractivity contribution in [1.82, 2.24) is 9.55 Å². The standard InChI is InChI=1S/C16H14N2O2/c1-11-4-3-8-17-14(11)10-18-9-7-12-5-2-6-13(15(12)18)16(19)20/h2-9H,10H2,1H3,(H,19,20). The van der Waals surface area contributed by atoms with Gasteiger partial charge in [0.15, 0.2) is 0 Å². The zero-order valence-corrected chi connectivity index (χ0v) is 11.1. The molecule has 3 aromatic rings. The summed E-state index contributed by atoms with van der Waals surface area (Å²) >= 11 is 0. The molecule has 2 heterocycles. The Kier molecular flexibility index (Phi) is 2.99. The summed E-state index contributed by atoms with van der Waals surface area (Å²) in [4.78, 5) is 15.7. The molecule has 0 aliphatic rings. The van der Waals surface area contributed by atoms with Crippen LogP contribution in [0.2, 0.25) is 0 Å². The van der Waals surface area contributed by atoms with Gasteiger partial charge in [-0.3, -0.25) is 4.98 Å². The van der Waals surface area contributed by atoms with Gasteiger partial charge < -0.3 is 9.67 Å².